The molecule has 0 aliphatic carbocycles. The second-order valence-corrected chi connectivity index (χ2v) is 7.96. The van der Waals surface area contributed by atoms with Crippen molar-refractivity contribution in [1.82, 2.24) is 14.8 Å². The molecule has 144 valence electrons. The van der Waals surface area contributed by atoms with Gasteiger partial charge >= 0.3 is 0 Å². The quantitative estimate of drug-likeness (QED) is 0.807. The van der Waals surface area contributed by atoms with Crippen molar-refractivity contribution in [3.63, 3.8) is 0 Å². The van der Waals surface area contributed by atoms with Crippen LogP contribution in [0, 0.1) is 13.8 Å². The van der Waals surface area contributed by atoms with Gasteiger partial charge in [-0.05, 0) is 31.0 Å². The Labute approximate surface area is 164 Å². The zero-order chi connectivity index (χ0) is 19.5. The highest BCUT2D eigenvalue weighted by atomic mass is 16.5. The molecule has 4 heterocycles. The van der Waals surface area contributed by atoms with Gasteiger partial charge in [0.15, 0.2) is 5.72 Å². The summed E-state index contributed by atoms with van der Waals surface area (Å²) < 4.78 is 6.51. The van der Waals surface area contributed by atoms with E-state index in [1.165, 1.54) is 0 Å². The van der Waals surface area contributed by atoms with Crippen LogP contribution in [0.25, 0.3) is 0 Å². The van der Waals surface area contributed by atoms with Gasteiger partial charge in [0.05, 0.1) is 24.6 Å². The van der Waals surface area contributed by atoms with Gasteiger partial charge in [0.25, 0.3) is 5.91 Å². The Kier molecular flexibility index (Phi) is 3.81. The monoisotopic (exact) mass is 377 g/mol. The van der Waals surface area contributed by atoms with Crippen molar-refractivity contribution in [3.05, 3.63) is 65.0 Å². The van der Waals surface area contributed by atoms with Crippen LogP contribution in [0.2, 0.25) is 0 Å². The lowest BCUT2D eigenvalue weighted by atomic mass is 10.1. The van der Waals surface area contributed by atoms with Gasteiger partial charge in [-0.15, -0.1) is 0 Å². The number of aryl methyl sites for hydroxylation is 2. The van der Waals surface area contributed by atoms with Crippen LogP contribution in [-0.4, -0.2) is 51.5 Å². The van der Waals surface area contributed by atoms with Gasteiger partial charge in [-0.1, -0.05) is 30.3 Å². The van der Waals surface area contributed by atoms with Crippen LogP contribution in [-0.2, 0) is 9.53 Å². The molecule has 2 aromatic rings. The van der Waals surface area contributed by atoms with Crippen LogP contribution in [0.3, 0.4) is 0 Å². The molecule has 1 aromatic carbocycles. The third-order valence-electron chi connectivity index (χ3n) is 6.45. The van der Waals surface area contributed by atoms with E-state index in [0.29, 0.717) is 31.5 Å². The normalized spacial score (nSPS) is 28.6. The van der Waals surface area contributed by atoms with E-state index < -0.39 is 5.72 Å². The first-order valence-corrected chi connectivity index (χ1v) is 9.77. The third kappa shape index (κ3) is 2.41. The molecule has 1 aromatic heterocycles. The van der Waals surface area contributed by atoms with Gasteiger partial charge in [0.2, 0.25) is 5.91 Å². The number of ether oxygens (including phenoxy) is 1. The molecular formula is C22H23N3O3. The summed E-state index contributed by atoms with van der Waals surface area (Å²) in [7, 11) is 0. The Bertz CT molecular complexity index is 961. The van der Waals surface area contributed by atoms with Crippen LogP contribution >= 0.6 is 0 Å². The Balaban J connectivity index is 1.44. The smallest absolute Gasteiger partial charge is 0.255 e. The van der Waals surface area contributed by atoms with Crippen molar-refractivity contribution < 1.29 is 14.3 Å². The molecule has 3 saturated heterocycles. The Morgan fingerprint density at radius 2 is 2.04 bits per heavy atom. The Morgan fingerprint density at radius 1 is 1.25 bits per heavy atom. The molecule has 0 bridgehead atoms. The molecule has 3 atom stereocenters. The number of nitrogens with zero attached hydrogens (tertiary/aromatic N) is 3. The summed E-state index contributed by atoms with van der Waals surface area (Å²) in [4.78, 5) is 33.9. The van der Waals surface area contributed by atoms with E-state index in [2.05, 4.69) is 4.98 Å². The fourth-order valence-electron chi connectivity index (χ4n) is 4.83. The topological polar surface area (TPSA) is 62.7 Å². The number of amides is 2. The molecule has 28 heavy (non-hydrogen) atoms. The van der Waals surface area contributed by atoms with E-state index in [1.54, 1.807) is 6.20 Å². The number of hydrogen-bond acceptors (Lipinski definition) is 4. The highest BCUT2D eigenvalue weighted by Crippen LogP contribution is 2.50. The summed E-state index contributed by atoms with van der Waals surface area (Å²) in [5.41, 5.74) is 2.86. The van der Waals surface area contributed by atoms with Gasteiger partial charge in [0.1, 0.15) is 6.10 Å². The van der Waals surface area contributed by atoms with Crippen molar-refractivity contribution in [2.75, 3.05) is 13.1 Å². The number of benzene rings is 1. The fraction of sp³-hybridized carbons (Fsp3) is 0.409. The van der Waals surface area contributed by atoms with Crippen molar-refractivity contribution in [1.29, 1.82) is 0 Å². The standard InChI is InChI=1S/C22H23N3O3/c1-14-10-17(12-23-15(14)2)21(27)24-9-8-22-19(24)11-20(26)25(22)13-18(28-22)16-6-4-3-5-7-16/h3-7,10,12,18-19H,8-9,11,13H2,1-2H3/t18-,19-,22+/m1/s1. The van der Waals surface area contributed by atoms with Crippen LogP contribution < -0.4 is 0 Å². The van der Waals surface area contributed by atoms with Crippen LogP contribution in [0.15, 0.2) is 42.6 Å². The van der Waals surface area contributed by atoms with Gasteiger partial charge in [-0.25, -0.2) is 0 Å². The summed E-state index contributed by atoms with van der Waals surface area (Å²) in [5.74, 6) is -0.00183. The zero-order valence-corrected chi connectivity index (χ0v) is 16.1. The molecule has 6 nitrogen and oxygen atoms in total. The maximum Gasteiger partial charge on any atom is 0.255 e. The summed E-state index contributed by atoms with van der Waals surface area (Å²) in [6.45, 7) is 5.02. The van der Waals surface area contributed by atoms with Crippen LogP contribution in [0.4, 0.5) is 0 Å². The molecule has 5 rings (SSSR count). The molecular weight excluding hydrogens is 354 g/mol. The maximum atomic E-state index is 13.2. The summed E-state index contributed by atoms with van der Waals surface area (Å²) in [6.07, 6.45) is 2.46. The average Bonchev–Trinajstić information content (AvgIpc) is 3.33. The number of hydrogen-bond donors (Lipinski definition) is 0. The number of carbonyl (C=O) groups is 2. The highest BCUT2D eigenvalue weighted by Gasteiger charge is 2.65. The van der Waals surface area contributed by atoms with Crippen molar-refractivity contribution in [3.8, 4) is 0 Å². The molecule has 1 spiro atoms. The largest absolute Gasteiger partial charge is 0.343 e. The molecule has 0 radical (unpaired) electrons. The lowest BCUT2D eigenvalue weighted by molar-refractivity contribution is -0.138. The molecule has 0 N–H and O–H groups in total. The molecule has 2 amide bonds. The van der Waals surface area contributed by atoms with Crippen molar-refractivity contribution >= 4 is 11.8 Å². The second-order valence-electron chi connectivity index (χ2n) is 7.96. The second kappa shape index (κ2) is 6.14. The lowest BCUT2D eigenvalue weighted by Gasteiger charge is -2.32. The van der Waals surface area contributed by atoms with E-state index >= 15 is 0 Å². The van der Waals surface area contributed by atoms with Gasteiger partial charge in [-0.3, -0.25) is 14.6 Å². The first kappa shape index (κ1) is 17.4. The third-order valence-corrected chi connectivity index (χ3v) is 6.45. The number of carbonyl (C=O) groups excluding carboxylic acids is 2. The van der Waals surface area contributed by atoms with E-state index in [0.717, 1.165) is 16.8 Å². The molecule has 3 aliphatic rings. The van der Waals surface area contributed by atoms with E-state index in [1.807, 2.05) is 60.0 Å². The lowest BCUT2D eigenvalue weighted by Crippen LogP contribution is -2.48. The minimum Gasteiger partial charge on any atom is -0.343 e. The molecule has 3 aliphatic heterocycles. The van der Waals surface area contributed by atoms with Crippen molar-refractivity contribution in [2.24, 2.45) is 0 Å². The predicted octanol–water partition coefficient (Wildman–Crippen LogP) is 2.61. The van der Waals surface area contributed by atoms with E-state index in [9.17, 15) is 9.59 Å². The minimum absolute atomic E-state index is 0.0687. The SMILES string of the molecule is Cc1cc(C(=O)N2CC[C@@]34O[C@@H](c5ccccc5)CN3C(=O)C[C@@H]24)cnc1C. The number of rotatable bonds is 2. The van der Waals surface area contributed by atoms with E-state index in [-0.39, 0.29) is 24.0 Å². The maximum absolute atomic E-state index is 13.2. The van der Waals surface area contributed by atoms with Crippen LogP contribution in [0.1, 0.15) is 46.1 Å². The van der Waals surface area contributed by atoms with Crippen LogP contribution in [0.5, 0.6) is 0 Å². The Hall–Kier alpha value is -2.73. The zero-order valence-electron chi connectivity index (χ0n) is 16.1. The summed E-state index contributed by atoms with van der Waals surface area (Å²) >= 11 is 0. The molecule has 3 fully saturated rings. The highest BCUT2D eigenvalue weighted by molar-refractivity contribution is 5.95. The van der Waals surface area contributed by atoms with Gasteiger partial charge in [-0.2, -0.15) is 0 Å². The fourth-order valence-corrected chi connectivity index (χ4v) is 4.83. The number of pyridine rings is 1. The number of likely N-dealkylation sites (tertiary alicyclic amines) is 1. The number of aromatic nitrogens is 1. The summed E-state index contributed by atoms with van der Waals surface area (Å²) in [6, 6.07) is 11.6. The molecule has 0 saturated carbocycles. The van der Waals surface area contributed by atoms with E-state index in [4.69, 9.17) is 4.74 Å². The van der Waals surface area contributed by atoms with Gasteiger partial charge < -0.3 is 14.5 Å². The predicted molar refractivity (Wildman–Crippen MR) is 102 cm³/mol. The molecule has 6 heteroatoms. The summed E-state index contributed by atoms with van der Waals surface area (Å²) in [5, 5.41) is 0. The van der Waals surface area contributed by atoms with Crippen molar-refractivity contribution in [2.45, 2.75) is 44.6 Å². The van der Waals surface area contributed by atoms with Gasteiger partial charge in [0, 0.05) is 24.9 Å². The Morgan fingerprint density at radius 3 is 2.79 bits per heavy atom. The molecule has 0 unspecified atom stereocenters. The first-order valence-electron chi connectivity index (χ1n) is 9.77. The minimum atomic E-state index is -0.694. The average molecular weight is 377 g/mol. The first-order chi connectivity index (χ1) is 13.5.